The number of rotatable bonds is 3. The highest BCUT2D eigenvalue weighted by Gasteiger charge is 2.18. The lowest BCUT2D eigenvalue weighted by Crippen LogP contribution is -2.17. The van der Waals surface area contributed by atoms with Crippen molar-refractivity contribution in [3.8, 4) is 0 Å². The number of aryl methyl sites for hydroxylation is 2. The van der Waals surface area contributed by atoms with Crippen LogP contribution in [0.2, 0.25) is 0 Å². The summed E-state index contributed by atoms with van der Waals surface area (Å²) in [4.78, 5) is 11.7. The number of anilines is 1. The Balaban J connectivity index is 2.15. The van der Waals surface area contributed by atoms with E-state index in [0.29, 0.717) is 0 Å². The Morgan fingerprint density at radius 1 is 1.20 bits per heavy atom. The second-order valence-corrected chi connectivity index (χ2v) is 8.11. The quantitative estimate of drug-likeness (QED) is 0.803. The molecule has 0 aliphatic heterocycles. The molecule has 0 aromatic carbocycles. The van der Waals surface area contributed by atoms with E-state index < -0.39 is 0 Å². The summed E-state index contributed by atoms with van der Waals surface area (Å²) >= 11 is 5.29. The molecule has 0 bridgehead atoms. The Bertz CT molecular complexity index is 595. The molecular weight excluding hydrogens is 334 g/mol. The van der Waals surface area contributed by atoms with Crippen LogP contribution in [0.3, 0.4) is 0 Å². The maximum Gasteiger partial charge on any atom is 0.137 e. The van der Waals surface area contributed by atoms with E-state index in [-0.39, 0.29) is 5.41 Å². The van der Waals surface area contributed by atoms with E-state index in [1.165, 1.54) is 15.3 Å². The van der Waals surface area contributed by atoms with Gasteiger partial charge in [-0.05, 0) is 41.4 Å². The van der Waals surface area contributed by atoms with E-state index in [1.807, 2.05) is 17.4 Å². The highest BCUT2D eigenvalue weighted by Crippen LogP contribution is 2.24. The molecule has 1 N–H and O–H groups in total. The first kappa shape index (κ1) is 15.4. The highest BCUT2D eigenvalue weighted by atomic mass is 79.9. The Hall–Kier alpha value is -0.940. The first-order valence-electron chi connectivity index (χ1n) is 6.60. The maximum absolute atomic E-state index is 4.60. The van der Waals surface area contributed by atoms with Crippen LogP contribution in [0.1, 0.15) is 41.9 Å². The topological polar surface area (TPSA) is 37.8 Å². The fourth-order valence-electron chi connectivity index (χ4n) is 1.76. The van der Waals surface area contributed by atoms with Gasteiger partial charge in [0.05, 0.1) is 6.54 Å². The molecule has 0 amide bonds. The lowest BCUT2D eigenvalue weighted by molar-refractivity contribution is 0.544. The maximum atomic E-state index is 4.60. The zero-order valence-electron chi connectivity index (χ0n) is 12.5. The summed E-state index contributed by atoms with van der Waals surface area (Å²) in [5.41, 5.74) is 1.29. The van der Waals surface area contributed by atoms with Crippen LogP contribution < -0.4 is 5.32 Å². The normalized spacial score (nSPS) is 11.7. The van der Waals surface area contributed by atoms with Gasteiger partial charge in [-0.1, -0.05) is 20.8 Å². The van der Waals surface area contributed by atoms with Crippen LogP contribution in [0, 0.1) is 13.8 Å². The van der Waals surface area contributed by atoms with E-state index in [1.54, 1.807) is 0 Å². The molecule has 2 rings (SSSR count). The lowest BCUT2D eigenvalue weighted by Gasteiger charge is -2.17. The minimum Gasteiger partial charge on any atom is -0.365 e. The van der Waals surface area contributed by atoms with Crippen molar-refractivity contribution >= 4 is 33.1 Å². The fraction of sp³-hybridized carbons (Fsp3) is 0.467. The van der Waals surface area contributed by atoms with Crippen LogP contribution in [-0.2, 0) is 12.0 Å². The minimum atomic E-state index is -0.0592. The molecular formula is C15H20BrN3S. The molecule has 0 saturated heterocycles. The van der Waals surface area contributed by atoms with Gasteiger partial charge in [-0.15, -0.1) is 11.3 Å². The van der Waals surface area contributed by atoms with Gasteiger partial charge in [-0.3, -0.25) is 0 Å². The number of thiophene rings is 1. The van der Waals surface area contributed by atoms with Crippen molar-refractivity contribution in [3.05, 3.63) is 37.9 Å². The molecule has 5 heteroatoms. The Morgan fingerprint density at radius 2 is 1.90 bits per heavy atom. The third kappa shape index (κ3) is 3.79. The number of hydrogen-bond acceptors (Lipinski definition) is 4. The van der Waals surface area contributed by atoms with Gasteiger partial charge < -0.3 is 5.32 Å². The summed E-state index contributed by atoms with van der Waals surface area (Å²) in [7, 11) is 0. The van der Waals surface area contributed by atoms with Gasteiger partial charge in [-0.2, -0.15) is 0 Å². The van der Waals surface area contributed by atoms with E-state index in [0.717, 1.165) is 22.8 Å². The number of nitrogens with one attached hydrogen (secondary N) is 1. The fourth-order valence-corrected chi connectivity index (χ4v) is 3.14. The summed E-state index contributed by atoms with van der Waals surface area (Å²) in [5, 5.41) is 3.38. The van der Waals surface area contributed by atoms with Crippen LogP contribution in [0.25, 0.3) is 0 Å². The molecule has 2 aromatic heterocycles. The van der Waals surface area contributed by atoms with Crippen molar-refractivity contribution in [3.63, 3.8) is 0 Å². The van der Waals surface area contributed by atoms with Gasteiger partial charge >= 0.3 is 0 Å². The predicted molar refractivity (Wildman–Crippen MR) is 89.6 cm³/mol. The third-order valence-corrected chi connectivity index (χ3v) is 4.59. The molecule has 108 valence electrons. The molecule has 2 aromatic rings. The molecule has 20 heavy (non-hydrogen) atoms. The van der Waals surface area contributed by atoms with E-state index in [4.69, 9.17) is 0 Å². The number of hydrogen-bond donors (Lipinski definition) is 1. The number of nitrogens with zero attached hydrogens (tertiary/aromatic N) is 2. The zero-order chi connectivity index (χ0) is 14.9. The lowest BCUT2D eigenvalue weighted by atomic mass is 9.96. The van der Waals surface area contributed by atoms with Gasteiger partial charge in [0.15, 0.2) is 0 Å². The standard InChI is InChI=1S/C15H20BrN3S/c1-9-6-11(20-10(9)2)8-17-13-7-12(16)18-14(19-13)15(3,4)5/h6-7H,8H2,1-5H3,(H,17,18,19). The molecule has 2 heterocycles. The van der Waals surface area contributed by atoms with Crippen molar-refractivity contribution in [2.75, 3.05) is 5.32 Å². The Labute approximate surface area is 133 Å². The zero-order valence-corrected chi connectivity index (χ0v) is 14.9. The van der Waals surface area contributed by atoms with Gasteiger partial charge in [0.1, 0.15) is 16.2 Å². The molecule has 0 unspecified atom stereocenters. The van der Waals surface area contributed by atoms with Gasteiger partial charge in [-0.25, -0.2) is 9.97 Å². The second-order valence-electron chi connectivity index (χ2n) is 5.95. The molecule has 0 radical (unpaired) electrons. The summed E-state index contributed by atoms with van der Waals surface area (Å²) in [6.45, 7) is 11.4. The van der Waals surface area contributed by atoms with Crippen LogP contribution in [0.5, 0.6) is 0 Å². The molecule has 0 spiro atoms. The van der Waals surface area contributed by atoms with Crippen molar-refractivity contribution < 1.29 is 0 Å². The summed E-state index contributed by atoms with van der Waals surface area (Å²) < 4.78 is 0.818. The second kappa shape index (κ2) is 5.82. The van der Waals surface area contributed by atoms with Gasteiger partial charge in [0, 0.05) is 21.2 Å². The van der Waals surface area contributed by atoms with Crippen molar-refractivity contribution in [1.82, 2.24) is 9.97 Å². The van der Waals surface area contributed by atoms with Crippen LogP contribution >= 0.6 is 27.3 Å². The third-order valence-electron chi connectivity index (χ3n) is 3.03. The first-order valence-corrected chi connectivity index (χ1v) is 8.21. The molecule has 0 fully saturated rings. The van der Waals surface area contributed by atoms with E-state index >= 15 is 0 Å². The van der Waals surface area contributed by atoms with Crippen molar-refractivity contribution in [2.45, 2.75) is 46.6 Å². The molecule has 0 saturated carbocycles. The minimum absolute atomic E-state index is 0.0592. The van der Waals surface area contributed by atoms with E-state index in [9.17, 15) is 0 Å². The van der Waals surface area contributed by atoms with Crippen LogP contribution in [0.15, 0.2) is 16.7 Å². The molecule has 0 aliphatic rings. The molecule has 3 nitrogen and oxygen atoms in total. The van der Waals surface area contributed by atoms with Crippen molar-refractivity contribution in [1.29, 1.82) is 0 Å². The predicted octanol–water partition coefficient (Wildman–Crippen LogP) is 4.83. The summed E-state index contributed by atoms with van der Waals surface area (Å²) in [6.07, 6.45) is 0. The smallest absolute Gasteiger partial charge is 0.137 e. The van der Waals surface area contributed by atoms with E-state index in [2.05, 4.69) is 71.9 Å². The van der Waals surface area contributed by atoms with Crippen LogP contribution in [-0.4, -0.2) is 9.97 Å². The summed E-state index contributed by atoms with van der Waals surface area (Å²) in [6, 6.07) is 4.15. The average Bonchev–Trinajstić information content (AvgIpc) is 2.65. The summed E-state index contributed by atoms with van der Waals surface area (Å²) in [5.74, 6) is 1.70. The van der Waals surface area contributed by atoms with Crippen molar-refractivity contribution in [2.24, 2.45) is 0 Å². The highest BCUT2D eigenvalue weighted by molar-refractivity contribution is 9.10. The molecule has 0 aliphatic carbocycles. The van der Waals surface area contributed by atoms with Crippen LogP contribution in [0.4, 0.5) is 5.82 Å². The number of halogens is 1. The van der Waals surface area contributed by atoms with Gasteiger partial charge in [0.25, 0.3) is 0 Å². The molecule has 0 atom stereocenters. The Morgan fingerprint density at radius 3 is 2.45 bits per heavy atom. The largest absolute Gasteiger partial charge is 0.365 e. The number of aromatic nitrogens is 2. The Kier molecular flexibility index (Phi) is 4.49. The average molecular weight is 354 g/mol. The monoisotopic (exact) mass is 353 g/mol. The first-order chi connectivity index (χ1) is 9.25. The van der Waals surface area contributed by atoms with Gasteiger partial charge in [0.2, 0.25) is 0 Å². The SMILES string of the molecule is Cc1cc(CNc2cc(Br)nc(C(C)(C)C)n2)sc1C.